The molecule has 2 heterocycles. The lowest BCUT2D eigenvalue weighted by atomic mass is 9.76. The SMILES string of the molecule is CC1(C)CC(n2c(O)ccc2O)CC(C)(C)N1C(=O)C=Cc1ccccc1. The van der Waals surface area contributed by atoms with E-state index in [1.54, 1.807) is 10.6 Å². The molecule has 0 atom stereocenters. The molecule has 0 spiro atoms. The number of aromatic nitrogens is 1. The molecular weight excluding hydrogens is 340 g/mol. The highest BCUT2D eigenvalue weighted by atomic mass is 16.3. The van der Waals surface area contributed by atoms with Gasteiger partial charge in [0.25, 0.3) is 0 Å². The summed E-state index contributed by atoms with van der Waals surface area (Å²) >= 11 is 0. The van der Waals surface area contributed by atoms with Crippen molar-refractivity contribution in [2.75, 3.05) is 0 Å². The number of carbonyl (C=O) groups excluding carboxylic acids is 1. The van der Waals surface area contributed by atoms with E-state index < -0.39 is 11.1 Å². The van der Waals surface area contributed by atoms with Gasteiger partial charge in [0.05, 0.1) is 0 Å². The molecule has 1 aromatic carbocycles. The second-order valence-corrected chi connectivity index (χ2v) is 8.52. The third-order valence-corrected chi connectivity index (χ3v) is 5.36. The van der Waals surface area contributed by atoms with E-state index in [0.717, 1.165) is 5.56 Å². The first kappa shape index (κ1) is 19.1. The standard InChI is InChI=1S/C22H28N2O3/c1-21(2)14-17(23-18(25)12-13-19(23)26)15-22(3,4)24(21)20(27)11-10-16-8-6-5-7-9-16/h5-13,17,25-26H,14-15H2,1-4H3. The topological polar surface area (TPSA) is 65.7 Å². The molecule has 0 aliphatic carbocycles. The molecule has 1 aliphatic rings. The van der Waals surface area contributed by atoms with Gasteiger partial charge in [-0.05, 0) is 52.2 Å². The minimum absolute atomic E-state index is 0.0340. The fourth-order valence-corrected chi connectivity index (χ4v) is 4.61. The Labute approximate surface area is 160 Å². The number of hydrogen-bond donors (Lipinski definition) is 2. The van der Waals surface area contributed by atoms with Crippen LogP contribution in [0.5, 0.6) is 11.8 Å². The lowest BCUT2D eigenvalue weighted by molar-refractivity contribution is -0.145. The Morgan fingerprint density at radius 2 is 1.48 bits per heavy atom. The van der Waals surface area contributed by atoms with E-state index in [1.807, 2.05) is 69.0 Å². The highest BCUT2D eigenvalue weighted by Gasteiger charge is 2.48. The molecule has 144 valence electrons. The molecule has 0 unspecified atom stereocenters. The molecule has 1 amide bonds. The van der Waals surface area contributed by atoms with Crippen LogP contribution in [-0.2, 0) is 4.79 Å². The summed E-state index contributed by atoms with van der Waals surface area (Å²) in [4.78, 5) is 15.0. The summed E-state index contributed by atoms with van der Waals surface area (Å²) in [6, 6.07) is 12.7. The van der Waals surface area contributed by atoms with Crippen LogP contribution in [0, 0.1) is 0 Å². The summed E-state index contributed by atoms with van der Waals surface area (Å²) in [6.45, 7) is 8.14. The number of piperidine rings is 1. The molecular formula is C22H28N2O3. The van der Waals surface area contributed by atoms with Crippen molar-refractivity contribution in [2.24, 2.45) is 0 Å². The molecule has 1 fully saturated rings. The second kappa shape index (κ2) is 6.80. The third-order valence-electron chi connectivity index (χ3n) is 5.36. The highest BCUT2D eigenvalue weighted by Crippen LogP contribution is 2.46. The maximum absolute atomic E-state index is 13.1. The van der Waals surface area contributed by atoms with Crippen molar-refractivity contribution in [1.82, 2.24) is 9.47 Å². The fraction of sp³-hybridized carbons (Fsp3) is 0.409. The van der Waals surface area contributed by atoms with E-state index in [4.69, 9.17) is 0 Å². The van der Waals surface area contributed by atoms with E-state index in [1.165, 1.54) is 12.1 Å². The summed E-state index contributed by atoms with van der Waals surface area (Å²) in [6.07, 6.45) is 4.74. The van der Waals surface area contributed by atoms with Crippen molar-refractivity contribution in [3.05, 3.63) is 54.1 Å². The van der Waals surface area contributed by atoms with Gasteiger partial charge in [0.1, 0.15) is 0 Å². The number of likely N-dealkylation sites (tertiary alicyclic amines) is 1. The lowest BCUT2D eigenvalue weighted by Crippen LogP contribution is -2.62. The minimum Gasteiger partial charge on any atom is -0.494 e. The average molecular weight is 368 g/mol. The van der Waals surface area contributed by atoms with Crippen LogP contribution < -0.4 is 0 Å². The zero-order valence-electron chi connectivity index (χ0n) is 16.4. The average Bonchev–Trinajstić information content (AvgIpc) is 2.90. The van der Waals surface area contributed by atoms with E-state index in [0.29, 0.717) is 12.8 Å². The first-order valence-electron chi connectivity index (χ1n) is 9.28. The molecule has 5 heteroatoms. The Morgan fingerprint density at radius 3 is 2.00 bits per heavy atom. The summed E-state index contributed by atoms with van der Waals surface area (Å²) < 4.78 is 1.56. The first-order valence-corrected chi connectivity index (χ1v) is 9.28. The molecule has 2 aromatic rings. The second-order valence-electron chi connectivity index (χ2n) is 8.52. The van der Waals surface area contributed by atoms with Crippen LogP contribution in [0.2, 0.25) is 0 Å². The number of carbonyl (C=O) groups is 1. The van der Waals surface area contributed by atoms with Crippen molar-refractivity contribution < 1.29 is 15.0 Å². The smallest absolute Gasteiger partial charge is 0.247 e. The van der Waals surface area contributed by atoms with Crippen molar-refractivity contribution in [2.45, 2.75) is 57.7 Å². The Morgan fingerprint density at radius 1 is 0.963 bits per heavy atom. The van der Waals surface area contributed by atoms with Gasteiger partial charge in [0, 0.05) is 35.3 Å². The number of aromatic hydroxyl groups is 2. The molecule has 0 bridgehead atoms. The Bertz CT molecular complexity index is 812. The molecule has 5 nitrogen and oxygen atoms in total. The number of amides is 1. The summed E-state index contributed by atoms with van der Waals surface area (Å²) in [5.41, 5.74) is 0.111. The van der Waals surface area contributed by atoms with Crippen molar-refractivity contribution in [3.63, 3.8) is 0 Å². The molecule has 0 radical (unpaired) electrons. The van der Waals surface area contributed by atoms with Gasteiger partial charge in [-0.1, -0.05) is 30.3 Å². The number of rotatable bonds is 3. The van der Waals surface area contributed by atoms with Gasteiger partial charge >= 0.3 is 0 Å². The molecule has 1 aromatic heterocycles. The maximum atomic E-state index is 13.1. The van der Waals surface area contributed by atoms with Gasteiger partial charge in [0.15, 0.2) is 11.8 Å². The van der Waals surface area contributed by atoms with E-state index in [9.17, 15) is 15.0 Å². The van der Waals surface area contributed by atoms with Gasteiger partial charge in [-0.2, -0.15) is 0 Å². The van der Waals surface area contributed by atoms with E-state index >= 15 is 0 Å². The number of hydrogen-bond acceptors (Lipinski definition) is 3. The van der Waals surface area contributed by atoms with Crippen molar-refractivity contribution >= 4 is 12.0 Å². The Hall–Kier alpha value is -2.69. The highest BCUT2D eigenvalue weighted by molar-refractivity contribution is 5.93. The number of nitrogens with zero attached hydrogens (tertiary/aromatic N) is 2. The van der Waals surface area contributed by atoms with Gasteiger partial charge in [-0.15, -0.1) is 0 Å². The normalized spacial score (nSPS) is 19.5. The fourth-order valence-electron chi connectivity index (χ4n) is 4.61. The van der Waals surface area contributed by atoms with Crippen LogP contribution in [0.15, 0.2) is 48.5 Å². The van der Waals surface area contributed by atoms with Gasteiger partial charge in [-0.3, -0.25) is 9.36 Å². The molecule has 2 N–H and O–H groups in total. The van der Waals surface area contributed by atoms with Gasteiger partial charge < -0.3 is 15.1 Å². The lowest BCUT2D eigenvalue weighted by Gasteiger charge is -2.55. The first-order chi connectivity index (χ1) is 12.6. The van der Waals surface area contributed by atoms with Crippen LogP contribution in [0.4, 0.5) is 0 Å². The van der Waals surface area contributed by atoms with E-state index in [-0.39, 0.29) is 23.7 Å². The van der Waals surface area contributed by atoms with Crippen molar-refractivity contribution in [1.29, 1.82) is 0 Å². The molecule has 3 rings (SSSR count). The van der Waals surface area contributed by atoms with Gasteiger partial charge in [0.2, 0.25) is 5.91 Å². The largest absolute Gasteiger partial charge is 0.494 e. The zero-order chi connectivity index (χ0) is 19.8. The Kier molecular flexibility index (Phi) is 4.81. The monoisotopic (exact) mass is 368 g/mol. The van der Waals surface area contributed by atoms with Crippen LogP contribution in [0.1, 0.15) is 52.1 Å². The molecule has 1 aliphatic heterocycles. The summed E-state index contributed by atoms with van der Waals surface area (Å²) in [5.74, 6) is 0.0638. The summed E-state index contributed by atoms with van der Waals surface area (Å²) in [5, 5.41) is 20.2. The Balaban J connectivity index is 1.87. The van der Waals surface area contributed by atoms with Crippen molar-refractivity contribution in [3.8, 4) is 11.8 Å². The minimum atomic E-state index is -0.437. The zero-order valence-corrected chi connectivity index (χ0v) is 16.4. The summed E-state index contributed by atoms with van der Waals surface area (Å²) in [7, 11) is 0. The number of benzene rings is 1. The van der Waals surface area contributed by atoms with Crippen LogP contribution in [0.25, 0.3) is 6.08 Å². The molecule has 0 saturated carbocycles. The van der Waals surface area contributed by atoms with Crippen LogP contribution in [-0.4, -0.2) is 36.7 Å². The van der Waals surface area contributed by atoms with Crippen LogP contribution >= 0.6 is 0 Å². The molecule has 1 saturated heterocycles. The third kappa shape index (κ3) is 3.72. The predicted octanol–water partition coefficient (Wildman–Crippen LogP) is 4.33. The van der Waals surface area contributed by atoms with Crippen LogP contribution in [0.3, 0.4) is 0 Å². The quantitative estimate of drug-likeness (QED) is 0.793. The maximum Gasteiger partial charge on any atom is 0.247 e. The van der Waals surface area contributed by atoms with E-state index in [2.05, 4.69) is 0 Å². The predicted molar refractivity (Wildman–Crippen MR) is 107 cm³/mol. The molecule has 27 heavy (non-hydrogen) atoms. The van der Waals surface area contributed by atoms with Gasteiger partial charge in [-0.25, -0.2) is 0 Å².